The van der Waals surface area contributed by atoms with Crippen molar-refractivity contribution in [1.82, 2.24) is 4.57 Å². The lowest BCUT2D eigenvalue weighted by atomic mass is 9.33. The molecular weight excluding hydrogens is 862 g/mol. The van der Waals surface area contributed by atoms with Gasteiger partial charge in [0, 0.05) is 50.5 Å². The highest BCUT2D eigenvalue weighted by Crippen LogP contribution is 2.49. The van der Waals surface area contributed by atoms with Gasteiger partial charge in [-0.2, -0.15) is 0 Å². The number of nitrogens with zero attached hydrogens (tertiary/aromatic N) is 3. The SMILES string of the molecule is CC(C)(C)c1ccc(N(c2ccc(C(C)(C)C)cc2)c2ccc3c(c2)N(c2ccc(C(C)(C)C)cc2-c2ccccc2)c2cc(C(C)(C)C)cc4c2B3c2cccc3c5c6ccccc6oc5n-4c23)cc1. The minimum absolute atomic E-state index is 0.0273. The maximum atomic E-state index is 6.98. The second-order valence-electron chi connectivity index (χ2n) is 24.3. The highest BCUT2D eigenvalue weighted by molar-refractivity contribution is 7.00. The smallest absolute Gasteiger partial charge is 0.252 e. The molecule has 2 aliphatic heterocycles. The molecule has 0 saturated heterocycles. The molecule has 0 saturated carbocycles. The van der Waals surface area contributed by atoms with E-state index in [1.54, 1.807) is 0 Å². The summed E-state index contributed by atoms with van der Waals surface area (Å²) < 4.78 is 9.45. The zero-order valence-corrected chi connectivity index (χ0v) is 43.5. The van der Waals surface area contributed by atoms with Gasteiger partial charge >= 0.3 is 0 Å². The molecular formula is C66H64BN3O. The first kappa shape index (κ1) is 44.9. The van der Waals surface area contributed by atoms with Gasteiger partial charge in [-0.25, -0.2) is 0 Å². The topological polar surface area (TPSA) is 24.6 Å². The van der Waals surface area contributed by atoms with Crippen LogP contribution in [0.15, 0.2) is 174 Å². The molecule has 0 spiro atoms. The molecule has 10 aromatic rings. The summed E-state index contributed by atoms with van der Waals surface area (Å²) in [5, 5.41) is 3.55. The maximum absolute atomic E-state index is 6.98. The molecule has 12 rings (SSSR count). The van der Waals surface area contributed by atoms with E-state index < -0.39 is 0 Å². The Hall–Kier alpha value is -7.24. The zero-order chi connectivity index (χ0) is 49.5. The summed E-state index contributed by atoms with van der Waals surface area (Å²) in [6.45, 7) is 27.7. The Kier molecular flexibility index (Phi) is 9.89. The van der Waals surface area contributed by atoms with E-state index in [0.29, 0.717) is 0 Å². The van der Waals surface area contributed by atoms with Crippen molar-refractivity contribution in [3.8, 4) is 16.8 Å². The van der Waals surface area contributed by atoms with Crippen molar-refractivity contribution in [3.63, 3.8) is 0 Å². The first-order valence-corrected chi connectivity index (χ1v) is 25.5. The van der Waals surface area contributed by atoms with Crippen LogP contribution in [0.1, 0.15) is 105 Å². The third kappa shape index (κ3) is 7.17. The molecule has 0 atom stereocenters. The average molecular weight is 926 g/mol. The lowest BCUT2D eigenvalue weighted by molar-refractivity contribution is 0.589. The predicted molar refractivity (Wildman–Crippen MR) is 305 cm³/mol. The molecule has 0 unspecified atom stereocenters. The number of hydrogen-bond acceptors (Lipinski definition) is 3. The van der Waals surface area contributed by atoms with Crippen LogP contribution >= 0.6 is 0 Å². The molecule has 0 fully saturated rings. The van der Waals surface area contributed by atoms with Crippen molar-refractivity contribution >= 4 is 90.2 Å². The molecule has 0 bridgehead atoms. The van der Waals surface area contributed by atoms with Crippen LogP contribution in [-0.2, 0) is 21.7 Å². The minimum Gasteiger partial charge on any atom is -0.439 e. The molecule has 352 valence electrons. The average Bonchev–Trinajstić information content (AvgIpc) is 3.88. The van der Waals surface area contributed by atoms with E-state index in [0.717, 1.165) is 39.4 Å². The Morgan fingerprint density at radius 1 is 0.423 bits per heavy atom. The Balaban J connectivity index is 1.20. The molecule has 4 heterocycles. The highest BCUT2D eigenvalue weighted by Gasteiger charge is 2.44. The largest absolute Gasteiger partial charge is 0.439 e. The highest BCUT2D eigenvalue weighted by atomic mass is 16.3. The first-order chi connectivity index (χ1) is 33.8. The Bertz CT molecular complexity index is 3680. The molecule has 0 aliphatic carbocycles. The molecule has 2 aliphatic rings. The van der Waals surface area contributed by atoms with Gasteiger partial charge in [0.15, 0.2) is 0 Å². The van der Waals surface area contributed by atoms with Crippen molar-refractivity contribution in [3.05, 3.63) is 192 Å². The maximum Gasteiger partial charge on any atom is 0.252 e. The van der Waals surface area contributed by atoms with Crippen molar-refractivity contribution in [1.29, 1.82) is 0 Å². The summed E-state index contributed by atoms with van der Waals surface area (Å²) in [5.74, 6) is 0. The summed E-state index contributed by atoms with van der Waals surface area (Å²) in [4.78, 5) is 5.07. The Labute approximate surface area is 420 Å². The van der Waals surface area contributed by atoms with Crippen LogP contribution in [0.3, 0.4) is 0 Å². The van der Waals surface area contributed by atoms with Gasteiger partial charge in [-0.15, -0.1) is 0 Å². The van der Waals surface area contributed by atoms with E-state index in [4.69, 9.17) is 4.42 Å². The quantitative estimate of drug-likeness (QED) is 0.161. The molecule has 0 radical (unpaired) electrons. The van der Waals surface area contributed by atoms with E-state index >= 15 is 0 Å². The van der Waals surface area contributed by atoms with E-state index in [1.165, 1.54) is 83.1 Å². The molecule has 5 heteroatoms. The van der Waals surface area contributed by atoms with Crippen LogP contribution in [-0.4, -0.2) is 11.3 Å². The van der Waals surface area contributed by atoms with Gasteiger partial charge in [0.05, 0.1) is 16.6 Å². The van der Waals surface area contributed by atoms with Crippen LogP contribution in [0, 0.1) is 0 Å². The summed E-state index contributed by atoms with van der Waals surface area (Å²) >= 11 is 0. The lowest BCUT2D eigenvalue weighted by Gasteiger charge is -2.42. The van der Waals surface area contributed by atoms with Gasteiger partial charge in [0.2, 0.25) is 5.71 Å². The monoisotopic (exact) mass is 926 g/mol. The van der Waals surface area contributed by atoms with Gasteiger partial charge < -0.3 is 14.2 Å². The van der Waals surface area contributed by atoms with Gasteiger partial charge in [0.1, 0.15) is 5.58 Å². The van der Waals surface area contributed by atoms with Crippen molar-refractivity contribution in [2.75, 3.05) is 9.80 Å². The minimum atomic E-state index is -0.168. The fourth-order valence-corrected chi connectivity index (χ4v) is 11.4. The summed E-state index contributed by atoms with van der Waals surface area (Å²) in [5.41, 5.74) is 22.4. The van der Waals surface area contributed by atoms with E-state index in [1.807, 2.05) is 0 Å². The van der Waals surface area contributed by atoms with Gasteiger partial charge in [-0.1, -0.05) is 186 Å². The molecule has 4 nitrogen and oxygen atoms in total. The number of rotatable bonds is 5. The van der Waals surface area contributed by atoms with Gasteiger partial charge in [-0.3, -0.25) is 4.57 Å². The predicted octanol–water partition coefficient (Wildman–Crippen LogP) is 16.5. The van der Waals surface area contributed by atoms with E-state index in [2.05, 4.69) is 267 Å². The van der Waals surface area contributed by atoms with Gasteiger partial charge in [-0.05, 0) is 133 Å². The third-order valence-corrected chi connectivity index (χ3v) is 15.4. The second kappa shape index (κ2) is 15.6. The number of furan rings is 1. The Morgan fingerprint density at radius 3 is 1.62 bits per heavy atom. The van der Waals surface area contributed by atoms with Crippen LogP contribution in [0.2, 0.25) is 0 Å². The molecule has 8 aromatic carbocycles. The molecule has 71 heavy (non-hydrogen) atoms. The number of hydrogen-bond donors (Lipinski definition) is 0. The fourth-order valence-electron chi connectivity index (χ4n) is 11.4. The standard InChI is InChI=1S/C66H64BN3O/c1-63(2,3)42-25-30-46(31-26-42)68(47-32-27-43(28-33-47)64(4,5)6)48-34-35-52-55(40-48)69(54-36-29-44(65(7,8)9)37-51(54)41-19-14-13-15-20-41)56-38-45(66(10,11)12)39-57-60(56)67(52)53-23-18-22-50-59-49-21-16-17-24-58(49)71-62(59)70(57)61(50)53/h13-40H,1-12H3. The molecule has 2 aromatic heterocycles. The fraction of sp³-hybridized carbons (Fsp3) is 0.242. The van der Waals surface area contributed by atoms with Gasteiger partial charge in [0.25, 0.3) is 6.71 Å². The number of benzene rings is 8. The molecule has 0 amide bonds. The van der Waals surface area contributed by atoms with Crippen molar-refractivity contribution < 1.29 is 4.42 Å². The molecule has 0 N–H and O–H groups in total. The summed E-state index contributed by atoms with van der Waals surface area (Å²) in [6, 6.07) is 64.4. The lowest BCUT2D eigenvalue weighted by Crippen LogP contribution is -2.60. The normalized spacial score (nSPS) is 13.6. The van der Waals surface area contributed by atoms with Crippen LogP contribution < -0.4 is 26.2 Å². The zero-order valence-electron chi connectivity index (χ0n) is 43.5. The van der Waals surface area contributed by atoms with E-state index in [9.17, 15) is 0 Å². The van der Waals surface area contributed by atoms with Crippen molar-refractivity contribution in [2.45, 2.75) is 105 Å². The van der Waals surface area contributed by atoms with Crippen LogP contribution in [0.5, 0.6) is 0 Å². The third-order valence-electron chi connectivity index (χ3n) is 15.4. The number of fused-ring (bicyclic) bond motifs is 9. The summed E-state index contributed by atoms with van der Waals surface area (Å²) in [6.07, 6.45) is 0. The van der Waals surface area contributed by atoms with Crippen LogP contribution in [0.25, 0.3) is 49.8 Å². The van der Waals surface area contributed by atoms with E-state index in [-0.39, 0.29) is 28.4 Å². The van der Waals surface area contributed by atoms with Crippen LogP contribution in [0.4, 0.5) is 34.1 Å². The number of para-hydroxylation sites is 2. The van der Waals surface area contributed by atoms with Crippen molar-refractivity contribution in [2.24, 2.45) is 0 Å². The Morgan fingerprint density at radius 2 is 0.986 bits per heavy atom. The summed E-state index contributed by atoms with van der Waals surface area (Å²) in [7, 11) is 0. The first-order valence-electron chi connectivity index (χ1n) is 25.5. The number of aromatic nitrogens is 1. The number of anilines is 6. The second-order valence-corrected chi connectivity index (χ2v) is 24.3.